The van der Waals surface area contributed by atoms with Crippen molar-refractivity contribution in [2.24, 2.45) is 15.3 Å². The molecule has 0 unspecified atom stereocenters. The van der Waals surface area contributed by atoms with Crippen molar-refractivity contribution in [2.75, 3.05) is 18.9 Å². The molecule has 0 aliphatic heterocycles. The van der Waals surface area contributed by atoms with Gasteiger partial charge in [-0.1, -0.05) is 91.0 Å². The number of sulfonamides is 1. The van der Waals surface area contributed by atoms with Crippen LogP contribution in [0.3, 0.4) is 0 Å². The standard InChI is InChI=1S/C29H28IN5O3S2/c1-35(20-27(36)33-26-18-17-24(19-25(26)30)40(32,37)38)28(31)34-39-29(21-11-5-2-6-12-21,22-13-7-3-8-14-22)23-15-9-4-10-16-23/h2-19H,20H2,1H3,(H2,31,34)(H,33,36)(H2,32,37,38). The summed E-state index contributed by atoms with van der Waals surface area (Å²) in [5.74, 6) is -0.168. The van der Waals surface area contributed by atoms with E-state index in [4.69, 9.17) is 15.3 Å². The van der Waals surface area contributed by atoms with Crippen LogP contribution in [0, 0.1) is 3.57 Å². The molecule has 0 bridgehead atoms. The van der Waals surface area contributed by atoms with Gasteiger partial charge < -0.3 is 16.0 Å². The lowest BCUT2D eigenvalue weighted by Gasteiger charge is -2.33. The molecule has 8 nitrogen and oxygen atoms in total. The highest BCUT2D eigenvalue weighted by Gasteiger charge is 2.38. The Hall–Kier alpha value is -3.39. The summed E-state index contributed by atoms with van der Waals surface area (Å²) in [5, 5.41) is 7.98. The van der Waals surface area contributed by atoms with Gasteiger partial charge in [0, 0.05) is 10.6 Å². The minimum atomic E-state index is -3.84. The SMILES string of the molecule is CN(CC(=O)Nc1ccc(S(N)(=O)=O)cc1I)/C(N)=N/SC(c1ccccc1)(c1ccccc1)c1ccccc1. The van der Waals surface area contributed by atoms with E-state index < -0.39 is 14.8 Å². The van der Waals surface area contributed by atoms with Crippen LogP contribution in [0.15, 0.2) is 118 Å². The highest BCUT2D eigenvalue weighted by atomic mass is 127. The number of nitrogens with zero attached hydrogens (tertiary/aromatic N) is 2. The van der Waals surface area contributed by atoms with Crippen LogP contribution in [0.25, 0.3) is 0 Å². The maximum Gasteiger partial charge on any atom is 0.244 e. The highest BCUT2D eigenvalue weighted by Crippen LogP contribution is 2.48. The number of nitrogens with two attached hydrogens (primary N) is 2. The zero-order valence-corrected chi connectivity index (χ0v) is 25.4. The molecule has 0 aliphatic carbocycles. The van der Waals surface area contributed by atoms with Gasteiger partial charge in [-0.3, -0.25) is 4.79 Å². The van der Waals surface area contributed by atoms with Gasteiger partial charge in [0.05, 0.1) is 17.1 Å². The number of primary sulfonamides is 1. The highest BCUT2D eigenvalue weighted by molar-refractivity contribution is 14.1. The zero-order valence-electron chi connectivity index (χ0n) is 21.6. The van der Waals surface area contributed by atoms with Crippen LogP contribution < -0.4 is 16.2 Å². The van der Waals surface area contributed by atoms with E-state index in [1.807, 2.05) is 77.2 Å². The van der Waals surface area contributed by atoms with E-state index in [0.717, 1.165) is 16.7 Å². The van der Waals surface area contributed by atoms with Crippen molar-refractivity contribution in [1.29, 1.82) is 0 Å². The molecular formula is C29H28IN5O3S2. The summed E-state index contributed by atoms with van der Waals surface area (Å²) in [5.41, 5.74) is 9.96. The summed E-state index contributed by atoms with van der Waals surface area (Å²) in [6, 6.07) is 34.6. The first-order chi connectivity index (χ1) is 19.1. The average molecular weight is 686 g/mol. The van der Waals surface area contributed by atoms with Crippen molar-refractivity contribution in [3.63, 3.8) is 0 Å². The number of carbonyl (C=O) groups excluding carboxylic acids is 1. The van der Waals surface area contributed by atoms with Gasteiger partial charge in [-0.2, -0.15) is 4.40 Å². The molecule has 4 rings (SSSR count). The molecule has 0 fully saturated rings. The first-order valence-electron chi connectivity index (χ1n) is 12.1. The fraction of sp³-hybridized carbons (Fsp3) is 0.103. The number of nitrogens with one attached hydrogen (secondary N) is 1. The summed E-state index contributed by atoms with van der Waals surface area (Å²) in [4.78, 5) is 14.3. The van der Waals surface area contributed by atoms with E-state index in [1.165, 1.54) is 30.1 Å². The van der Waals surface area contributed by atoms with Crippen molar-refractivity contribution < 1.29 is 13.2 Å². The predicted octanol–water partition coefficient (Wildman–Crippen LogP) is 4.76. The van der Waals surface area contributed by atoms with Crippen LogP contribution in [0.1, 0.15) is 16.7 Å². The molecule has 4 aromatic rings. The summed E-state index contributed by atoms with van der Waals surface area (Å²) >= 11 is 3.27. The first-order valence-corrected chi connectivity index (χ1v) is 15.5. The van der Waals surface area contributed by atoms with Crippen LogP contribution >= 0.6 is 34.5 Å². The van der Waals surface area contributed by atoms with E-state index in [2.05, 4.69) is 41.7 Å². The summed E-state index contributed by atoms with van der Waals surface area (Å²) in [6.07, 6.45) is 0. The van der Waals surface area contributed by atoms with Crippen molar-refractivity contribution >= 4 is 62.1 Å². The molecular weight excluding hydrogens is 657 g/mol. The largest absolute Gasteiger partial charge is 0.369 e. The lowest BCUT2D eigenvalue weighted by Crippen LogP contribution is -2.39. The summed E-state index contributed by atoms with van der Waals surface area (Å²) in [7, 11) is -2.16. The van der Waals surface area contributed by atoms with Crippen molar-refractivity contribution in [2.45, 2.75) is 9.64 Å². The van der Waals surface area contributed by atoms with E-state index in [9.17, 15) is 13.2 Å². The Balaban J connectivity index is 1.59. The average Bonchev–Trinajstić information content (AvgIpc) is 2.95. The topological polar surface area (TPSA) is 131 Å². The van der Waals surface area contributed by atoms with Gasteiger partial charge in [-0.15, -0.1) is 0 Å². The lowest BCUT2D eigenvalue weighted by atomic mass is 9.84. The Bertz CT molecular complexity index is 1510. The van der Waals surface area contributed by atoms with Gasteiger partial charge in [0.25, 0.3) is 0 Å². The van der Waals surface area contributed by atoms with Gasteiger partial charge in [0.15, 0.2) is 0 Å². The Morgan fingerprint density at radius 1 is 0.900 bits per heavy atom. The maximum atomic E-state index is 12.8. The smallest absolute Gasteiger partial charge is 0.244 e. The van der Waals surface area contributed by atoms with Crippen molar-refractivity contribution in [3.05, 3.63) is 129 Å². The normalized spacial score (nSPS) is 12.1. The molecule has 0 saturated carbocycles. The molecule has 0 radical (unpaired) electrons. The minimum absolute atomic E-state index is 0.0286. The number of hydrogen-bond donors (Lipinski definition) is 3. The number of likely N-dealkylation sites (N-methyl/N-ethyl adjacent to an activating group) is 1. The molecule has 0 atom stereocenters. The number of benzene rings is 4. The monoisotopic (exact) mass is 685 g/mol. The molecule has 11 heteroatoms. The number of hydrogen-bond acceptors (Lipinski definition) is 5. The molecule has 4 aromatic carbocycles. The molecule has 5 N–H and O–H groups in total. The molecule has 0 spiro atoms. The van der Waals surface area contributed by atoms with Crippen LogP contribution in [-0.4, -0.2) is 38.8 Å². The molecule has 40 heavy (non-hydrogen) atoms. The Morgan fingerprint density at radius 3 is 1.80 bits per heavy atom. The third-order valence-electron chi connectivity index (χ3n) is 6.13. The molecule has 0 heterocycles. The van der Waals surface area contributed by atoms with Gasteiger partial charge in [-0.05, 0) is 69.4 Å². The van der Waals surface area contributed by atoms with E-state index in [0.29, 0.717) is 9.26 Å². The number of carbonyl (C=O) groups is 1. The van der Waals surface area contributed by atoms with Gasteiger partial charge in [0.2, 0.25) is 21.9 Å². The fourth-order valence-electron chi connectivity index (χ4n) is 4.12. The fourth-order valence-corrected chi connectivity index (χ4v) is 6.62. The van der Waals surface area contributed by atoms with Crippen molar-refractivity contribution in [3.8, 4) is 0 Å². The second-order valence-electron chi connectivity index (χ2n) is 8.91. The Morgan fingerprint density at radius 2 is 1.38 bits per heavy atom. The van der Waals surface area contributed by atoms with Crippen LogP contribution in [0.4, 0.5) is 5.69 Å². The molecule has 0 aromatic heterocycles. The number of anilines is 1. The van der Waals surface area contributed by atoms with E-state index in [-0.39, 0.29) is 23.3 Å². The second-order valence-corrected chi connectivity index (χ2v) is 12.6. The third kappa shape index (κ3) is 6.84. The number of rotatable bonds is 9. The molecule has 206 valence electrons. The van der Waals surface area contributed by atoms with E-state index in [1.54, 1.807) is 11.9 Å². The molecule has 1 amide bonds. The Kier molecular flexibility index (Phi) is 9.51. The predicted molar refractivity (Wildman–Crippen MR) is 170 cm³/mol. The number of amides is 1. The maximum absolute atomic E-state index is 12.8. The molecule has 0 saturated heterocycles. The van der Waals surface area contributed by atoms with Crippen molar-refractivity contribution in [1.82, 2.24) is 4.90 Å². The zero-order chi connectivity index (χ0) is 28.8. The number of halogens is 1. The summed E-state index contributed by atoms with van der Waals surface area (Å²) in [6.45, 7) is -0.0715. The number of guanidine groups is 1. The molecule has 0 aliphatic rings. The lowest BCUT2D eigenvalue weighted by molar-refractivity contribution is -0.116. The van der Waals surface area contributed by atoms with Gasteiger partial charge in [0.1, 0.15) is 4.75 Å². The van der Waals surface area contributed by atoms with Gasteiger partial charge in [-0.25, -0.2) is 13.6 Å². The first kappa shape index (κ1) is 29.6. The third-order valence-corrected chi connectivity index (χ3v) is 9.19. The summed E-state index contributed by atoms with van der Waals surface area (Å²) < 4.78 is 27.7. The van der Waals surface area contributed by atoms with Gasteiger partial charge >= 0.3 is 0 Å². The van der Waals surface area contributed by atoms with Crippen LogP contribution in [0.5, 0.6) is 0 Å². The van der Waals surface area contributed by atoms with Crippen LogP contribution in [0.2, 0.25) is 0 Å². The minimum Gasteiger partial charge on any atom is -0.369 e. The van der Waals surface area contributed by atoms with E-state index >= 15 is 0 Å². The Labute approximate surface area is 252 Å². The van der Waals surface area contributed by atoms with Crippen LogP contribution in [-0.2, 0) is 19.6 Å². The second kappa shape index (κ2) is 12.9. The quantitative estimate of drug-likeness (QED) is 0.0766.